The summed E-state index contributed by atoms with van der Waals surface area (Å²) in [6.45, 7) is 2.60. The van der Waals surface area contributed by atoms with Gasteiger partial charge in [0.1, 0.15) is 11.5 Å². The third-order valence-corrected chi connectivity index (χ3v) is 4.93. The Morgan fingerprint density at radius 3 is 2.56 bits per heavy atom. The van der Waals surface area contributed by atoms with Crippen LogP contribution in [-0.2, 0) is 6.42 Å². The largest absolute Gasteiger partial charge is 0.497 e. The van der Waals surface area contributed by atoms with Crippen LogP contribution in [0, 0.1) is 0 Å². The maximum atomic E-state index is 5.92. The lowest BCUT2D eigenvalue weighted by molar-refractivity contribution is 0.378. The Hall–Kier alpha value is -2.53. The van der Waals surface area contributed by atoms with Crippen molar-refractivity contribution in [2.45, 2.75) is 19.4 Å². The number of rotatable bonds is 8. The Labute approximate surface area is 209 Å². The quantitative estimate of drug-likeness (QED) is 0.234. The van der Waals surface area contributed by atoms with Crippen LogP contribution in [-0.4, -0.2) is 43.9 Å². The van der Waals surface area contributed by atoms with Crippen molar-refractivity contribution in [3.63, 3.8) is 0 Å². The molecule has 3 rings (SSSR count). The zero-order chi connectivity index (χ0) is 22.2. The summed E-state index contributed by atoms with van der Waals surface area (Å²) in [4.78, 5) is 8.72. The van der Waals surface area contributed by atoms with Gasteiger partial charge in [-0.3, -0.25) is 4.99 Å². The van der Waals surface area contributed by atoms with Gasteiger partial charge in [-0.25, -0.2) is 0 Å². The molecule has 8 nitrogen and oxygen atoms in total. The average Bonchev–Trinajstić information content (AvgIpc) is 3.27. The Morgan fingerprint density at radius 2 is 1.91 bits per heavy atom. The van der Waals surface area contributed by atoms with Crippen molar-refractivity contribution in [2.24, 2.45) is 4.99 Å². The lowest BCUT2D eigenvalue weighted by Gasteiger charge is -2.20. The summed E-state index contributed by atoms with van der Waals surface area (Å²) >= 11 is 5.92. The fraction of sp³-hybridized carbons (Fsp3) is 0.318. The minimum atomic E-state index is -0.0591. The fourth-order valence-corrected chi connectivity index (χ4v) is 3.14. The van der Waals surface area contributed by atoms with E-state index in [4.69, 9.17) is 25.6 Å². The number of nitrogens with zero attached hydrogens (tertiary/aromatic N) is 3. The van der Waals surface area contributed by atoms with E-state index in [1.165, 1.54) is 0 Å². The number of hydrogen-bond acceptors (Lipinski definition) is 6. The highest BCUT2D eigenvalue weighted by molar-refractivity contribution is 14.0. The van der Waals surface area contributed by atoms with Crippen LogP contribution in [0.2, 0.25) is 5.02 Å². The minimum Gasteiger partial charge on any atom is -0.497 e. The van der Waals surface area contributed by atoms with Crippen molar-refractivity contribution in [3.8, 4) is 22.9 Å². The van der Waals surface area contributed by atoms with Crippen LogP contribution in [0.1, 0.15) is 24.4 Å². The summed E-state index contributed by atoms with van der Waals surface area (Å²) in [6, 6.07) is 12.9. The van der Waals surface area contributed by atoms with Crippen LogP contribution in [0.3, 0.4) is 0 Å². The van der Waals surface area contributed by atoms with Crippen LogP contribution in [0.5, 0.6) is 11.5 Å². The number of benzene rings is 2. The van der Waals surface area contributed by atoms with E-state index in [2.05, 4.69) is 25.8 Å². The molecule has 2 N–H and O–H groups in total. The molecule has 1 aromatic heterocycles. The van der Waals surface area contributed by atoms with E-state index in [1.807, 2.05) is 37.3 Å². The van der Waals surface area contributed by atoms with Gasteiger partial charge in [-0.2, -0.15) is 4.98 Å². The summed E-state index contributed by atoms with van der Waals surface area (Å²) < 4.78 is 16.2. The first-order valence-electron chi connectivity index (χ1n) is 9.81. The summed E-state index contributed by atoms with van der Waals surface area (Å²) in [5.74, 6) is 3.26. The lowest BCUT2D eigenvalue weighted by atomic mass is 10.1. The van der Waals surface area contributed by atoms with Crippen molar-refractivity contribution < 1.29 is 14.0 Å². The molecule has 1 heterocycles. The molecule has 0 aliphatic carbocycles. The zero-order valence-corrected chi connectivity index (χ0v) is 21.5. The van der Waals surface area contributed by atoms with Crippen molar-refractivity contribution in [3.05, 3.63) is 58.9 Å². The molecular formula is C22H27ClIN5O3. The van der Waals surface area contributed by atoms with Gasteiger partial charge >= 0.3 is 0 Å². The molecule has 0 saturated heterocycles. The molecule has 0 radical (unpaired) electrons. The normalized spacial score (nSPS) is 12.0. The third kappa shape index (κ3) is 6.73. The number of halogens is 2. The highest BCUT2D eigenvalue weighted by Gasteiger charge is 2.15. The zero-order valence-electron chi connectivity index (χ0n) is 18.4. The van der Waals surface area contributed by atoms with E-state index in [-0.39, 0.29) is 30.0 Å². The molecule has 0 fully saturated rings. The number of methoxy groups -OCH3 is 2. The van der Waals surface area contributed by atoms with E-state index < -0.39 is 0 Å². The monoisotopic (exact) mass is 571 g/mol. The van der Waals surface area contributed by atoms with Crippen LogP contribution >= 0.6 is 35.6 Å². The van der Waals surface area contributed by atoms with Crippen LogP contribution in [0.4, 0.5) is 0 Å². The number of aliphatic imine (C=N–C) groups is 1. The first-order valence-corrected chi connectivity index (χ1v) is 10.2. The molecule has 1 unspecified atom stereocenters. The van der Waals surface area contributed by atoms with Gasteiger partial charge in [-0.05, 0) is 49.4 Å². The van der Waals surface area contributed by atoms with Gasteiger partial charge in [-0.15, -0.1) is 24.0 Å². The smallest absolute Gasteiger partial charge is 0.228 e. The average molecular weight is 572 g/mol. The van der Waals surface area contributed by atoms with Crippen molar-refractivity contribution >= 4 is 41.5 Å². The Morgan fingerprint density at radius 1 is 1.16 bits per heavy atom. The van der Waals surface area contributed by atoms with E-state index in [0.717, 1.165) is 22.6 Å². The highest BCUT2D eigenvalue weighted by Crippen LogP contribution is 2.29. The topological polar surface area (TPSA) is 93.8 Å². The second-order valence-electron chi connectivity index (χ2n) is 6.74. The van der Waals surface area contributed by atoms with Gasteiger partial charge in [0.15, 0.2) is 5.96 Å². The molecule has 0 aliphatic heterocycles. The summed E-state index contributed by atoms with van der Waals surface area (Å²) in [5, 5.41) is 11.3. The molecule has 172 valence electrons. The van der Waals surface area contributed by atoms with Crippen molar-refractivity contribution in [2.75, 3.05) is 27.8 Å². The van der Waals surface area contributed by atoms with Gasteiger partial charge in [0.05, 0.1) is 20.3 Å². The summed E-state index contributed by atoms with van der Waals surface area (Å²) in [7, 11) is 5.00. The molecule has 0 spiro atoms. The second-order valence-corrected chi connectivity index (χ2v) is 7.18. The summed E-state index contributed by atoms with van der Waals surface area (Å²) in [5.41, 5.74) is 1.82. The molecule has 0 amide bonds. The number of guanidine groups is 1. The van der Waals surface area contributed by atoms with Gasteiger partial charge in [0.2, 0.25) is 11.7 Å². The van der Waals surface area contributed by atoms with Crippen LogP contribution in [0.25, 0.3) is 11.4 Å². The number of nitrogens with one attached hydrogen (secondary N) is 2. The maximum Gasteiger partial charge on any atom is 0.228 e. The van der Waals surface area contributed by atoms with E-state index in [1.54, 1.807) is 33.4 Å². The van der Waals surface area contributed by atoms with Gasteiger partial charge in [-0.1, -0.05) is 16.8 Å². The molecule has 1 atom stereocenters. The fourth-order valence-electron chi connectivity index (χ4n) is 3.02. The number of ether oxygens (including phenoxy) is 2. The van der Waals surface area contributed by atoms with Gasteiger partial charge in [0, 0.05) is 36.2 Å². The molecule has 0 bridgehead atoms. The summed E-state index contributed by atoms with van der Waals surface area (Å²) in [6.07, 6.45) is 0.554. The molecular weight excluding hydrogens is 545 g/mol. The van der Waals surface area contributed by atoms with Crippen molar-refractivity contribution in [1.29, 1.82) is 0 Å². The highest BCUT2D eigenvalue weighted by atomic mass is 127. The number of hydrogen-bond donors (Lipinski definition) is 2. The molecule has 2 aromatic carbocycles. The molecule has 10 heteroatoms. The third-order valence-electron chi connectivity index (χ3n) is 4.68. The van der Waals surface area contributed by atoms with E-state index in [0.29, 0.717) is 35.7 Å². The molecule has 32 heavy (non-hydrogen) atoms. The predicted molar refractivity (Wildman–Crippen MR) is 136 cm³/mol. The Bertz CT molecular complexity index is 1030. The first kappa shape index (κ1) is 25.7. The lowest BCUT2D eigenvalue weighted by Crippen LogP contribution is -2.39. The maximum absolute atomic E-state index is 5.92. The molecule has 0 saturated carbocycles. The van der Waals surface area contributed by atoms with Crippen molar-refractivity contribution in [1.82, 2.24) is 20.8 Å². The minimum absolute atomic E-state index is 0. The second kappa shape index (κ2) is 12.5. The van der Waals surface area contributed by atoms with Crippen LogP contribution < -0.4 is 20.1 Å². The Kier molecular flexibility index (Phi) is 10.0. The SMILES string of the molecule is CN=C(NCCc1nc(-c2ccc(Cl)cc2)no1)NC(C)c1cc(OC)ccc1OC.I. The number of aromatic nitrogens is 2. The van der Waals surface area contributed by atoms with Gasteiger partial charge in [0.25, 0.3) is 0 Å². The van der Waals surface area contributed by atoms with E-state index >= 15 is 0 Å². The van der Waals surface area contributed by atoms with Crippen LogP contribution in [0.15, 0.2) is 52.0 Å². The van der Waals surface area contributed by atoms with Gasteiger partial charge < -0.3 is 24.6 Å². The predicted octanol–water partition coefficient (Wildman–Crippen LogP) is 4.49. The molecule has 0 aliphatic rings. The standard InChI is InChI=1S/C22H26ClN5O3.HI/c1-14(18-13-17(29-3)9-10-19(18)30-4)26-22(24-2)25-12-11-20-27-21(28-31-20)15-5-7-16(23)8-6-15;/h5-10,13-14H,11-12H2,1-4H3,(H2,24,25,26);1H. The Balaban J connectivity index is 0.00000363. The first-order chi connectivity index (χ1) is 15.0. The van der Waals surface area contributed by atoms with E-state index in [9.17, 15) is 0 Å². The molecule has 3 aromatic rings.